The Bertz CT molecular complexity index is 712. The molecule has 2 unspecified atom stereocenters. The second-order valence-corrected chi connectivity index (χ2v) is 7.45. The number of carbonyl (C=O) groups is 2. The summed E-state index contributed by atoms with van der Waals surface area (Å²) < 4.78 is -0.508. The number of hydroxylamine groups is 2. The third-order valence-electron chi connectivity index (χ3n) is 5.64. The fourth-order valence-corrected chi connectivity index (χ4v) is 4.26. The minimum absolute atomic E-state index is 0.206. The minimum Gasteiger partial charge on any atom is -0.626 e. The van der Waals surface area contributed by atoms with Crippen LogP contribution in [0.2, 0.25) is 0 Å². The summed E-state index contributed by atoms with van der Waals surface area (Å²) in [5, 5.41) is 18.8. The molecular formula is C18H24N4O3. The van der Waals surface area contributed by atoms with Crippen molar-refractivity contribution >= 4 is 23.2 Å². The predicted molar refractivity (Wildman–Crippen MR) is 95.9 cm³/mol. The SMILES string of the molecule is C[N+]1([O-])CN(C2CCC(=O)NC2=O)c2ccc(C3CCNCC3)cc21. The number of nitrogens with zero attached hydrogens (tertiary/aromatic N) is 2. The average Bonchev–Trinajstić information content (AvgIpc) is 2.86. The van der Waals surface area contributed by atoms with E-state index in [2.05, 4.69) is 16.7 Å². The largest absolute Gasteiger partial charge is 0.626 e. The number of fused-ring (bicyclic) bond motifs is 1. The number of piperidine rings is 2. The van der Waals surface area contributed by atoms with Gasteiger partial charge < -0.3 is 20.1 Å². The predicted octanol–water partition coefficient (Wildman–Crippen LogP) is 1.17. The second-order valence-electron chi connectivity index (χ2n) is 7.45. The van der Waals surface area contributed by atoms with E-state index < -0.39 is 10.7 Å². The van der Waals surface area contributed by atoms with Crippen molar-refractivity contribution in [1.82, 2.24) is 15.3 Å². The first kappa shape index (κ1) is 16.5. The maximum Gasteiger partial charge on any atom is 0.249 e. The van der Waals surface area contributed by atoms with Crippen molar-refractivity contribution < 1.29 is 9.59 Å². The molecule has 0 spiro atoms. The Morgan fingerprint density at radius 3 is 2.68 bits per heavy atom. The average molecular weight is 344 g/mol. The van der Waals surface area contributed by atoms with E-state index in [9.17, 15) is 14.8 Å². The van der Waals surface area contributed by atoms with Crippen molar-refractivity contribution in [2.45, 2.75) is 37.6 Å². The summed E-state index contributed by atoms with van der Waals surface area (Å²) in [6, 6.07) is 5.66. The van der Waals surface area contributed by atoms with E-state index in [0.29, 0.717) is 18.8 Å². The zero-order valence-corrected chi connectivity index (χ0v) is 14.5. The molecular weight excluding hydrogens is 320 g/mol. The summed E-state index contributed by atoms with van der Waals surface area (Å²) in [5.74, 6) is -0.0518. The number of rotatable bonds is 2. The molecule has 7 nitrogen and oxygen atoms in total. The van der Waals surface area contributed by atoms with Gasteiger partial charge in [-0.1, -0.05) is 6.07 Å². The number of imide groups is 1. The number of benzene rings is 1. The molecule has 2 atom stereocenters. The summed E-state index contributed by atoms with van der Waals surface area (Å²) in [7, 11) is 1.64. The van der Waals surface area contributed by atoms with E-state index in [1.165, 1.54) is 5.56 Å². The van der Waals surface area contributed by atoms with Gasteiger partial charge in [0.15, 0.2) is 12.4 Å². The van der Waals surface area contributed by atoms with Crippen LogP contribution in [0.3, 0.4) is 0 Å². The quantitative estimate of drug-likeness (QED) is 0.478. The Morgan fingerprint density at radius 1 is 1.20 bits per heavy atom. The van der Waals surface area contributed by atoms with Gasteiger partial charge in [-0.2, -0.15) is 0 Å². The first-order valence-electron chi connectivity index (χ1n) is 8.98. The zero-order chi connectivity index (χ0) is 17.6. The highest BCUT2D eigenvalue weighted by atomic mass is 16.5. The fraction of sp³-hybridized carbons (Fsp3) is 0.556. The van der Waals surface area contributed by atoms with E-state index in [-0.39, 0.29) is 18.5 Å². The van der Waals surface area contributed by atoms with Gasteiger partial charge in [-0.15, -0.1) is 0 Å². The summed E-state index contributed by atoms with van der Waals surface area (Å²) in [4.78, 5) is 25.5. The Morgan fingerprint density at radius 2 is 1.96 bits per heavy atom. The number of amides is 2. The highest BCUT2D eigenvalue weighted by Gasteiger charge is 2.42. The highest BCUT2D eigenvalue weighted by Crippen LogP contribution is 2.43. The Labute approximate surface area is 147 Å². The zero-order valence-electron chi connectivity index (χ0n) is 14.5. The van der Waals surface area contributed by atoms with Gasteiger partial charge in [-0.25, -0.2) is 0 Å². The number of hydrogen-bond donors (Lipinski definition) is 2. The first-order chi connectivity index (χ1) is 12.0. The van der Waals surface area contributed by atoms with Crippen LogP contribution in [0.25, 0.3) is 0 Å². The Hall–Kier alpha value is -1.96. The number of carbonyl (C=O) groups excluding carboxylic acids is 2. The molecule has 3 heterocycles. The summed E-state index contributed by atoms with van der Waals surface area (Å²) >= 11 is 0. The molecule has 2 fully saturated rings. The second kappa shape index (κ2) is 6.09. The molecule has 3 aliphatic heterocycles. The van der Waals surface area contributed by atoms with Crippen LogP contribution in [0, 0.1) is 5.21 Å². The molecule has 0 radical (unpaired) electrons. The van der Waals surface area contributed by atoms with E-state index in [1.807, 2.05) is 17.0 Å². The van der Waals surface area contributed by atoms with Crippen LogP contribution in [0.1, 0.15) is 37.2 Å². The van der Waals surface area contributed by atoms with E-state index in [1.54, 1.807) is 7.05 Å². The van der Waals surface area contributed by atoms with Gasteiger partial charge in [0, 0.05) is 12.5 Å². The summed E-state index contributed by atoms with van der Waals surface area (Å²) in [6.45, 7) is 2.22. The Balaban J connectivity index is 1.65. The molecule has 1 aromatic carbocycles. The first-order valence-corrected chi connectivity index (χ1v) is 8.98. The summed E-state index contributed by atoms with van der Waals surface area (Å²) in [5.41, 5.74) is 2.76. The lowest BCUT2D eigenvalue weighted by Crippen LogP contribution is -2.55. The lowest BCUT2D eigenvalue weighted by Gasteiger charge is -2.36. The van der Waals surface area contributed by atoms with Crippen LogP contribution in [0.4, 0.5) is 11.4 Å². The lowest BCUT2D eigenvalue weighted by atomic mass is 9.89. The topological polar surface area (TPSA) is 84.5 Å². The third kappa shape index (κ3) is 2.92. The van der Waals surface area contributed by atoms with E-state index in [0.717, 1.165) is 37.3 Å². The van der Waals surface area contributed by atoms with Crippen molar-refractivity contribution in [2.75, 3.05) is 31.7 Å². The van der Waals surface area contributed by atoms with Gasteiger partial charge in [-0.3, -0.25) is 14.9 Å². The molecule has 1 aromatic rings. The minimum atomic E-state index is -0.508. The van der Waals surface area contributed by atoms with Crippen LogP contribution in [0.5, 0.6) is 0 Å². The van der Waals surface area contributed by atoms with Crippen LogP contribution in [0.15, 0.2) is 18.2 Å². The van der Waals surface area contributed by atoms with Crippen molar-refractivity contribution in [2.24, 2.45) is 0 Å². The van der Waals surface area contributed by atoms with E-state index >= 15 is 0 Å². The fourth-order valence-electron chi connectivity index (χ4n) is 4.26. The number of anilines is 1. The molecule has 25 heavy (non-hydrogen) atoms. The number of nitrogens with one attached hydrogen (secondary N) is 2. The molecule has 3 aliphatic rings. The molecule has 2 saturated heterocycles. The molecule has 2 amide bonds. The van der Waals surface area contributed by atoms with Crippen molar-refractivity contribution in [1.29, 1.82) is 0 Å². The monoisotopic (exact) mass is 344 g/mol. The van der Waals surface area contributed by atoms with Gasteiger partial charge >= 0.3 is 0 Å². The van der Waals surface area contributed by atoms with Gasteiger partial charge in [0.05, 0.1) is 7.05 Å². The van der Waals surface area contributed by atoms with Crippen LogP contribution < -0.4 is 20.2 Å². The number of hydrogen-bond acceptors (Lipinski definition) is 5. The smallest absolute Gasteiger partial charge is 0.249 e. The van der Waals surface area contributed by atoms with Crippen molar-refractivity contribution in [3.8, 4) is 0 Å². The molecule has 4 rings (SSSR count). The van der Waals surface area contributed by atoms with E-state index in [4.69, 9.17) is 0 Å². The lowest BCUT2D eigenvalue weighted by molar-refractivity contribution is -0.134. The molecule has 7 heteroatoms. The molecule has 0 aliphatic carbocycles. The van der Waals surface area contributed by atoms with Gasteiger partial charge in [0.2, 0.25) is 11.8 Å². The van der Waals surface area contributed by atoms with Crippen LogP contribution in [-0.4, -0.2) is 44.7 Å². The third-order valence-corrected chi connectivity index (χ3v) is 5.64. The van der Waals surface area contributed by atoms with Gasteiger partial charge in [0.1, 0.15) is 11.7 Å². The maximum absolute atomic E-state index is 13.1. The Kier molecular flexibility index (Phi) is 4.02. The standard InChI is InChI=1S/C18H24N4O3/c1-22(25)11-21(15-4-5-17(23)20-18(15)24)14-3-2-13(10-16(14)22)12-6-8-19-9-7-12/h2-3,10,12,15,19H,4-9,11H2,1H3,(H,20,23,24). The molecule has 2 N–H and O–H groups in total. The normalized spacial score (nSPS) is 30.3. The molecule has 134 valence electrons. The van der Waals surface area contributed by atoms with Crippen LogP contribution >= 0.6 is 0 Å². The molecule has 0 bridgehead atoms. The van der Waals surface area contributed by atoms with Gasteiger partial charge in [0.25, 0.3) is 0 Å². The van der Waals surface area contributed by atoms with Crippen LogP contribution in [-0.2, 0) is 9.59 Å². The summed E-state index contributed by atoms with van der Waals surface area (Å²) in [6.07, 6.45) is 2.94. The number of quaternary nitrogens is 1. The molecule has 0 aromatic heterocycles. The maximum atomic E-state index is 13.1. The van der Waals surface area contributed by atoms with Gasteiger partial charge in [-0.05, 0) is 49.9 Å². The van der Waals surface area contributed by atoms with Crippen molar-refractivity contribution in [3.63, 3.8) is 0 Å². The van der Waals surface area contributed by atoms with Crippen molar-refractivity contribution in [3.05, 3.63) is 29.0 Å². The highest BCUT2D eigenvalue weighted by molar-refractivity contribution is 6.02. The molecule has 0 saturated carbocycles.